The van der Waals surface area contributed by atoms with Gasteiger partial charge in [-0.3, -0.25) is 4.79 Å². The number of aliphatic hydroxyl groups is 3. The maximum atomic E-state index is 12.0. The summed E-state index contributed by atoms with van der Waals surface area (Å²) in [6, 6.07) is 4.52. The number of methoxy groups -OCH3 is 1. The lowest BCUT2D eigenvalue weighted by molar-refractivity contribution is -0.119. The van der Waals surface area contributed by atoms with Crippen LogP contribution in [0.15, 0.2) is 24.3 Å². The van der Waals surface area contributed by atoms with Gasteiger partial charge in [0, 0.05) is 0 Å². The SMILES string of the molecule is COc1cc(C=CC(=O)[C]2O[C@H](CO)[C@@H](O)[C@@H]2O)ccc1O. The van der Waals surface area contributed by atoms with Crippen LogP contribution >= 0.6 is 0 Å². The summed E-state index contributed by atoms with van der Waals surface area (Å²) in [6.07, 6.45) is -1.53. The van der Waals surface area contributed by atoms with E-state index >= 15 is 0 Å². The zero-order valence-corrected chi connectivity index (χ0v) is 11.8. The second kappa shape index (κ2) is 6.89. The van der Waals surface area contributed by atoms with Gasteiger partial charge in [-0.05, 0) is 23.8 Å². The Morgan fingerprint density at radius 1 is 1.41 bits per heavy atom. The second-order valence-electron chi connectivity index (χ2n) is 4.77. The monoisotopic (exact) mass is 309 g/mol. The summed E-state index contributed by atoms with van der Waals surface area (Å²) >= 11 is 0. The van der Waals surface area contributed by atoms with E-state index in [9.17, 15) is 20.1 Å². The highest BCUT2D eigenvalue weighted by Gasteiger charge is 2.46. The summed E-state index contributed by atoms with van der Waals surface area (Å²) in [5.41, 5.74) is 0.593. The van der Waals surface area contributed by atoms with Gasteiger partial charge < -0.3 is 29.9 Å². The van der Waals surface area contributed by atoms with Crippen molar-refractivity contribution in [1.29, 1.82) is 0 Å². The molecule has 1 radical (unpaired) electrons. The number of carbonyl (C=O) groups excluding carboxylic acids is 1. The first kappa shape index (κ1) is 16.4. The number of rotatable bonds is 5. The highest BCUT2D eigenvalue weighted by Crippen LogP contribution is 2.29. The molecule has 0 amide bonds. The van der Waals surface area contributed by atoms with Crippen LogP contribution in [0.3, 0.4) is 0 Å². The van der Waals surface area contributed by atoms with Crippen molar-refractivity contribution in [3.8, 4) is 11.5 Å². The summed E-state index contributed by atoms with van der Waals surface area (Å²) < 4.78 is 10.0. The molecule has 1 heterocycles. The Hall–Kier alpha value is -1.93. The van der Waals surface area contributed by atoms with Crippen LogP contribution in [0.4, 0.5) is 0 Å². The molecule has 2 rings (SSSR count). The van der Waals surface area contributed by atoms with Gasteiger partial charge >= 0.3 is 0 Å². The number of ketones is 1. The fraction of sp³-hybridized carbons (Fsp3) is 0.333. The normalized spacial score (nSPS) is 25.7. The number of phenolic OH excluding ortho intramolecular Hbond substituents is 1. The van der Waals surface area contributed by atoms with Crippen LogP contribution in [-0.4, -0.2) is 58.2 Å². The first-order valence-electron chi connectivity index (χ1n) is 6.57. The fourth-order valence-corrected chi connectivity index (χ4v) is 2.06. The number of hydrogen-bond acceptors (Lipinski definition) is 7. The van der Waals surface area contributed by atoms with Gasteiger partial charge in [0.05, 0.1) is 13.7 Å². The number of ether oxygens (including phenoxy) is 2. The van der Waals surface area contributed by atoms with Crippen LogP contribution in [0, 0.1) is 6.10 Å². The van der Waals surface area contributed by atoms with Gasteiger partial charge in [-0.25, -0.2) is 0 Å². The van der Waals surface area contributed by atoms with Crippen molar-refractivity contribution in [1.82, 2.24) is 0 Å². The van der Waals surface area contributed by atoms with Crippen LogP contribution in [0.5, 0.6) is 11.5 Å². The third-order valence-electron chi connectivity index (χ3n) is 3.31. The quantitative estimate of drug-likeness (QED) is 0.548. The van der Waals surface area contributed by atoms with E-state index in [-0.39, 0.29) is 17.6 Å². The smallest absolute Gasteiger partial charge is 0.198 e. The molecule has 0 saturated carbocycles. The average molecular weight is 309 g/mol. The van der Waals surface area contributed by atoms with E-state index in [0.717, 1.165) is 6.08 Å². The molecule has 0 unspecified atom stereocenters. The fourth-order valence-electron chi connectivity index (χ4n) is 2.06. The summed E-state index contributed by atoms with van der Waals surface area (Å²) in [5.74, 6) is -0.381. The predicted octanol–water partition coefficient (Wildman–Crippen LogP) is -0.372. The minimum absolute atomic E-state index is 0.0243. The molecule has 119 valence electrons. The van der Waals surface area contributed by atoms with Crippen LogP contribution in [0.2, 0.25) is 0 Å². The molecule has 1 aromatic carbocycles. The first-order valence-corrected chi connectivity index (χ1v) is 6.57. The van der Waals surface area contributed by atoms with Crippen molar-refractivity contribution in [2.24, 2.45) is 0 Å². The molecule has 0 aromatic heterocycles. The molecular weight excluding hydrogens is 292 g/mol. The lowest BCUT2D eigenvalue weighted by Crippen LogP contribution is -2.33. The van der Waals surface area contributed by atoms with E-state index in [1.165, 1.54) is 25.3 Å². The Morgan fingerprint density at radius 3 is 2.73 bits per heavy atom. The Morgan fingerprint density at radius 2 is 2.14 bits per heavy atom. The summed E-state index contributed by atoms with van der Waals surface area (Å²) in [6.45, 7) is -0.506. The van der Waals surface area contributed by atoms with Gasteiger partial charge in [-0.1, -0.05) is 12.1 Å². The van der Waals surface area contributed by atoms with E-state index < -0.39 is 30.7 Å². The summed E-state index contributed by atoms with van der Waals surface area (Å²) in [5, 5.41) is 37.7. The Bertz CT molecular complexity index is 569. The largest absolute Gasteiger partial charge is 0.504 e. The van der Waals surface area contributed by atoms with Crippen molar-refractivity contribution in [2.75, 3.05) is 13.7 Å². The number of benzene rings is 1. The molecule has 1 fully saturated rings. The second-order valence-corrected chi connectivity index (χ2v) is 4.77. The summed E-state index contributed by atoms with van der Waals surface area (Å²) in [4.78, 5) is 12.0. The van der Waals surface area contributed by atoms with Crippen LogP contribution in [0.25, 0.3) is 6.08 Å². The molecule has 1 saturated heterocycles. The minimum atomic E-state index is -1.47. The maximum absolute atomic E-state index is 12.0. The molecular formula is C15H17O7. The molecule has 1 aliphatic heterocycles. The number of aromatic hydroxyl groups is 1. The zero-order valence-electron chi connectivity index (χ0n) is 11.8. The molecule has 3 atom stereocenters. The Labute approximate surface area is 127 Å². The van der Waals surface area contributed by atoms with Gasteiger partial charge in [0.15, 0.2) is 23.4 Å². The van der Waals surface area contributed by atoms with E-state index in [2.05, 4.69) is 0 Å². The van der Waals surface area contributed by atoms with Crippen LogP contribution < -0.4 is 4.74 Å². The number of aliphatic hydroxyl groups excluding tert-OH is 3. The van der Waals surface area contributed by atoms with Gasteiger partial charge in [0.25, 0.3) is 0 Å². The van der Waals surface area contributed by atoms with Crippen molar-refractivity contribution >= 4 is 11.9 Å². The van der Waals surface area contributed by atoms with Gasteiger partial charge in [-0.2, -0.15) is 0 Å². The number of hydrogen-bond donors (Lipinski definition) is 4. The summed E-state index contributed by atoms with van der Waals surface area (Å²) in [7, 11) is 1.41. The number of phenols is 1. The Balaban J connectivity index is 2.09. The van der Waals surface area contributed by atoms with E-state index in [1.54, 1.807) is 6.07 Å². The molecule has 22 heavy (non-hydrogen) atoms. The highest BCUT2D eigenvalue weighted by atomic mass is 16.6. The molecule has 4 N–H and O–H groups in total. The Kier molecular flexibility index (Phi) is 5.15. The van der Waals surface area contributed by atoms with Gasteiger partial charge in [0.2, 0.25) is 0 Å². The lowest BCUT2D eigenvalue weighted by Gasteiger charge is -2.10. The van der Waals surface area contributed by atoms with Crippen molar-refractivity contribution in [3.63, 3.8) is 0 Å². The predicted molar refractivity (Wildman–Crippen MR) is 75.9 cm³/mol. The lowest BCUT2D eigenvalue weighted by atomic mass is 10.0. The van der Waals surface area contributed by atoms with E-state index in [1.807, 2.05) is 0 Å². The third kappa shape index (κ3) is 3.28. The van der Waals surface area contributed by atoms with Gasteiger partial charge in [0.1, 0.15) is 18.3 Å². The van der Waals surface area contributed by atoms with E-state index in [4.69, 9.17) is 14.6 Å². The van der Waals surface area contributed by atoms with E-state index in [0.29, 0.717) is 5.56 Å². The van der Waals surface area contributed by atoms with Crippen LogP contribution in [0.1, 0.15) is 5.56 Å². The molecule has 0 aliphatic carbocycles. The molecule has 0 bridgehead atoms. The maximum Gasteiger partial charge on any atom is 0.198 e. The standard InChI is InChI=1S/C15H17O7/c1-21-11-6-8(2-4-9(11)17)3-5-10(18)15-14(20)13(19)12(7-16)22-15/h2-6,12-14,16-17,19-20H,7H2,1H3/t12-,13-,14+/m1/s1. The first-order chi connectivity index (χ1) is 10.5. The average Bonchev–Trinajstić information content (AvgIpc) is 2.81. The molecule has 1 aromatic rings. The van der Waals surface area contributed by atoms with Crippen molar-refractivity contribution in [3.05, 3.63) is 35.9 Å². The molecule has 7 heteroatoms. The van der Waals surface area contributed by atoms with Crippen molar-refractivity contribution in [2.45, 2.75) is 18.3 Å². The molecule has 7 nitrogen and oxygen atoms in total. The topological polar surface area (TPSA) is 116 Å². The molecule has 1 aliphatic rings. The number of carbonyl (C=O) groups is 1. The van der Waals surface area contributed by atoms with Gasteiger partial charge in [-0.15, -0.1) is 0 Å². The van der Waals surface area contributed by atoms with Crippen molar-refractivity contribution < 1.29 is 34.7 Å². The zero-order chi connectivity index (χ0) is 16.3. The highest BCUT2D eigenvalue weighted by molar-refractivity contribution is 6.03. The third-order valence-corrected chi connectivity index (χ3v) is 3.31. The minimum Gasteiger partial charge on any atom is -0.504 e. The molecule has 0 spiro atoms. The van der Waals surface area contributed by atoms with Crippen LogP contribution in [-0.2, 0) is 9.53 Å².